The summed E-state index contributed by atoms with van der Waals surface area (Å²) in [7, 11) is 1.56. The summed E-state index contributed by atoms with van der Waals surface area (Å²) < 4.78 is 10.3. The van der Waals surface area contributed by atoms with Gasteiger partial charge in [0.1, 0.15) is 6.61 Å². The molecule has 0 spiro atoms. The first-order chi connectivity index (χ1) is 12.5. The monoisotopic (exact) mass is 414 g/mol. The number of hydrogen-bond donors (Lipinski definition) is 1. The lowest BCUT2D eigenvalue weighted by Crippen LogP contribution is -2.48. The van der Waals surface area contributed by atoms with Gasteiger partial charge in [0.15, 0.2) is 5.11 Å². The van der Waals surface area contributed by atoms with Crippen molar-refractivity contribution < 1.29 is 14.3 Å². The number of carbonyl (C=O) groups is 1. The third kappa shape index (κ3) is 3.83. The second-order valence-electron chi connectivity index (χ2n) is 6.25. The zero-order chi connectivity index (χ0) is 18.8. The highest BCUT2D eigenvalue weighted by Crippen LogP contribution is 2.41. The SMILES string of the molecule is COCCOC(=O)C1=C(C)N(C2CC2)C(=S)NC1c1c(Cl)cccc1Cl. The summed E-state index contributed by atoms with van der Waals surface area (Å²) in [5.41, 5.74) is 1.86. The lowest BCUT2D eigenvalue weighted by Gasteiger charge is -2.38. The Kier molecular flexibility index (Phi) is 6.07. The normalized spacial score (nSPS) is 20.2. The summed E-state index contributed by atoms with van der Waals surface area (Å²) in [4.78, 5) is 14.8. The third-order valence-corrected chi connectivity index (χ3v) is 5.44. The molecule has 0 bridgehead atoms. The summed E-state index contributed by atoms with van der Waals surface area (Å²) >= 11 is 18.3. The zero-order valence-electron chi connectivity index (χ0n) is 14.6. The number of ether oxygens (including phenoxy) is 2. The summed E-state index contributed by atoms with van der Waals surface area (Å²) in [6, 6.07) is 5.00. The molecule has 2 aliphatic rings. The van der Waals surface area contributed by atoms with Gasteiger partial charge >= 0.3 is 5.97 Å². The van der Waals surface area contributed by atoms with Gasteiger partial charge in [-0.1, -0.05) is 29.3 Å². The van der Waals surface area contributed by atoms with Gasteiger partial charge in [0.25, 0.3) is 0 Å². The molecule has 8 heteroatoms. The van der Waals surface area contributed by atoms with Crippen LogP contribution in [0.15, 0.2) is 29.5 Å². The van der Waals surface area contributed by atoms with E-state index in [2.05, 4.69) is 5.32 Å². The quantitative estimate of drug-likeness (QED) is 0.433. The van der Waals surface area contributed by atoms with Gasteiger partial charge in [0.05, 0.1) is 18.2 Å². The van der Waals surface area contributed by atoms with Gasteiger partial charge in [-0.3, -0.25) is 0 Å². The average molecular weight is 415 g/mol. The summed E-state index contributed by atoms with van der Waals surface area (Å²) in [5.74, 6) is -0.429. The second-order valence-corrected chi connectivity index (χ2v) is 7.45. The standard InChI is InChI=1S/C18H20Cl2N2O3S/c1-10-14(17(23)25-9-8-24-2)16(15-12(19)4-3-5-13(15)20)21-18(26)22(10)11-6-7-11/h3-5,11,16H,6-9H2,1-2H3,(H,21,26). The smallest absolute Gasteiger partial charge is 0.338 e. The van der Waals surface area contributed by atoms with Crippen LogP contribution < -0.4 is 5.32 Å². The van der Waals surface area contributed by atoms with E-state index in [0.29, 0.717) is 38.9 Å². The molecule has 140 valence electrons. The lowest BCUT2D eigenvalue weighted by atomic mass is 9.94. The van der Waals surface area contributed by atoms with E-state index in [-0.39, 0.29) is 6.61 Å². The molecule has 1 aliphatic heterocycles. The van der Waals surface area contributed by atoms with E-state index in [1.54, 1.807) is 25.3 Å². The number of halogens is 2. The molecule has 1 atom stereocenters. The molecular formula is C18H20Cl2N2O3S. The zero-order valence-corrected chi connectivity index (χ0v) is 16.9. The molecule has 0 radical (unpaired) electrons. The van der Waals surface area contributed by atoms with Crippen molar-refractivity contribution >= 4 is 46.5 Å². The van der Waals surface area contributed by atoms with Crippen molar-refractivity contribution in [3.8, 4) is 0 Å². The van der Waals surface area contributed by atoms with Crippen LogP contribution in [-0.2, 0) is 14.3 Å². The fraction of sp³-hybridized carbons (Fsp3) is 0.444. The Hall–Kier alpha value is -1.34. The van der Waals surface area contributed by atoms with Gasteiger partial charge in [0.2, 0.25) is 0 Å². The van der Waals surface area contributed by atoms with Gasteiger partial charge in [-0.2, -0.15) is 0 Å². The van der Waals surface area contributed by atoms with Crippen LogP contribution in [0, 0.1) is 0 Å². The Bertz CT molecular complexity index is 745. The number of esters is 1. The van der Waals surface area contributed by atoms with Crippen molar-refractivity contribution in [3.63, 3.8) is 0 Å². The van der Waals surface area contributed by atoms with Gasteiger partial charge in [-0.15, -0.1) is 0 Å². The molecule has 1 aromatic carbocycles. The molecule has 1 aliphatic carbocycles. The van der Waals surface area contributed by atoms with E-state index in [1.165, 1.54) is 0 Å². The average Bonchev–Trinajstić information content (AvgIpc) is 3.39. The van der Waals surface area contributed by atoms with Crippen LogP contribution in [0.2, 0.25) is 10.0 Å². The van der Waals surface area contributed by atoms with Crippen molar-refractivity contribution in [1.82, 2.24) is 10.2 Å². The summed E-state index contributed by atoms with van der Waals surface area (Å²) in [6.45, 7) is 2.38. The predicted octanol–water partition coefficient (Wildman–Crippen LogP) is 3.85. The molecule has 1 aromatic rings. The minimum absolute atomic E-state index is 0.170. The van der Waals surface area contributed by atoms with Crippen LogP contribution in [-0.4, -0.2) is 42.3 Å². The van der Waals surface area contributed by atoms with Crippen LogP contribution in [0.25, 0.3) is 0 Å². The Balaban J connectivity index is 2.03. The topological polar surface area (TPSA) is 50.8 Å². The lowest BCUT2D eigenvalue weighted by molar-refractivity contribution is -0.140. The van der Waals surface area contributed by atoms with Crippen LogP contribution in [0.1, 0.15) is 31.4 Å². The number of thiocarbonyl (C=S) groups is 1. The number of nitrogens with zero attached hydrogens (tertiary/aromatic N) is 1. The molecular weight excluding hydrogens is 395 g/mol. The minimum Gasteiger partial charge on any atom is -0.460 e. The van der Waals surface area contributed by atoms with Crippen molar-refractivity contribution in [2.75, 3.05) is 20.3 Å². The van der Waals surface area contributed by atoms with Gasteiger partial charge in [0, 0.05) is 34.5 Å². The maximum Gasteiger partial charge on any atom is 0.338 e. The Morgan fingerprint density at radius 2 is 1.96 bits per heavy atom. The van der Waals surface area contributed by atoms with Crippen LogP contribution in [0.3, 0.4) is 0 Å². The molecule has 1 heterocycles. The Labute approximate surface area is 168 Å². The van der Waals surface area contributed by atoms with Gasteiger partial charge in [-0.05, 0) is 44.1 Å². The van der Waals surface area contributed by atoms with Crippen molar-refractivity contribution in [1.29, 1.82) is 0 Å². The maximum absolute atomic E-state index is 12.9. The Morgan fingerprint density at radius 1 is 1.31 bits per heavy atom. The highest BCUT2D eigenvalue weighted by molar-refractivity contribution is 7.80. The first kappa shape index (κ1) is 19.4. The molecule has 1 unspecified atom stereocenters. The minimum atomic E-state index is -0.561. The fourth-order valence-corrected chi connectivity index (χ4v) is 4.11. The Morgan fingerprint density at radius 3 is 2.54 bits per heavy atom. The number of carbonyl (C=O) groups excluding carboxylic acids is 1. The summed E-state index contributed by atoms with van der Waals surface area (Å²) in [6.07, 6.45) is 2.09. The maximum atomic E-state index is 12.9. The summed E-state index contributed by atoms with van der Waals surface area (Å²) in [5, 5.41) is 4.74. The fourth-order valence-electron chi connectivity index (χ4n) is 3.09. The van der Waals surface area contributed by atoms with E-state index < -0.39 is 12.0 Å². The number of benzene rings is 1. The van der Waals surface area contributed by atoms with E-state index in [1.807, 2.05) is 11.8 Å². The molecule has 26 heavy (non-hydrogen) atoms. The molecule has 1 fully saturated rings. The first-order valence-corrected chi connectivity index (χ1v) is 9.52. The van der Waals surface area contributed by atoms with Crippen LogP contribution >= 0.6 is 35.4 Å². The highest BCUT2D eigenvalue weighted by atomic mass is 35.5. The molecule has 3 rings (SSSR count). The highest BCUT2D eigenvalue weighted by Gasteiger charge is 2.41. The van der Waals surface area contributed by atoms with Gasteiger partial charge in [-0.25, -0.2) is 4.79 Å². The van der Waals surface area contributed by atoms with E-state index in [9.17, 15) is 4.79 Å². The molecule has 0 aromatic heterocycles. The number of methoxy groups -OCH3 is 1. The number of rotatable bonds is 6. The van der Waals surface area contributed by atoms with Crippen molar-refractivity contribution in [2.24, 2.45) is 0 Å². The van der Waals surface area contributed by atoms with Crippen molar-refractivity contribution in [3.05, 3.63) is 45.1 Å². The van der Waals surface area contributed by atoms with E-state index >= 15 is 0 Å². The number of nitrogens with one attached hydrogen (secondary N) is 1. The molecule has 5 nitrogen and oxygen atoms in total. The van der Waals surface area contributed by atoms with Crippen LogP contribution in [0.5, 0.6) is 0 Å². The molecule has 1 N–H and O–H groups in total. The molecule has 0 saturated heterocycles. The molecule has 1 saturated carbocycles. The molecule has 0 amide bonds. The number of allylic oxidation sites excluding steroid dienone is 1. The number of hydrogen-bond acceptors (Lipinski definition) is 4. The van der Waals surface area contributed by atoms with Gasteiger partial charge < -0.3 is 19.7 Å². The van der Waals surface area contributed by atoms with Crippen LogP contribution in [0.4, 0.5) is 0 Å². The van der Waals surface area contributed by atoms with E-state index in [4.69, 9.17) is 44.9 Å². The largest absolute Gasteiger partial charge is 0.460 e. The second kappa shape index (κ2) is 8.13. The third-order valence-electron chi connectivity index (χ3n) is 4.47. The van der Waals surface area contributed by atoms with E-state index in [0.717, 1.165) is 18.5 Å². The van der Waals surface area contributed by atoms with Crippen molar-refractivity contribution in [2.45, 2.75) is 31.8 Å². The predicted molar refractivity (Wildman–Crippen MR) is 105 cm³/mol. The first-order valence-electron chi connectivity index (χ1n) is 8.36.